The second-order valence-corrected chi connectivity index (χ2v) is 8.29. The summed E-state index contributed by atoms with van der Waals surface area (Å²) in [6.07, 6.45) is -0.714. The molecule has 2 aliphatic rings. The van der Waals surface area contributed by atoms with E-state index in [1.165, 1.54) is 5.56 Å². The zero-order chi connectivity index (χ0) is 21.5. The number of fused-ring (bicyclic) bond motifs is 2. The minimum absolute atomic E-state index is 0.0807. The predicted octanol–water partition coefficient (Wildman–Crippen LogP) is 3.85. The molecule has 3 atom stereocenters. The minimum Gasteiger partial charge on any atom is -0.486 e. The van der Waals surface area contributed by atoms with Crippen LogP contribution in [0.4, 0.5) is 0 Å². The van der Waals surface area contributed by atoms with Gasteiger partial charge in [-0.2, -0.15) is 5.10 Å². The topological polar surface area (TPSA) is 67.5 Å². The molecule has 2 aliphatic heterocycles. The highest BCUT2D eigenvalue weighted by atomic mass is 32.1. The molecule has 0 amide bonds. The van der Waals surface area contributed by atoms with Crippen molar-refractivity contribution in [3.05, 3.63) is 70.3 Å². The van der Waals surface area contributed by atoms with Crippen LogP contribution < -0.4 is 4.74 Å². The number of benzene rings is 2. The molecule has 5 rings (SSSR count). The molecule has 31 heavy (non-hydrogen) atoms. The summed E-state index contributed by atoms with van der Waals surface area (Å²) >= 11 is 5.80. The number of aromatic nitrogens is 3. The lowest BCUT2D eigenvalue weighted by molar-refractivity contribution is -0.156. The Labute approximate surface area is 185 Å². The van der Waals surface area contributed by atoms with E-state index in [9.17, 15) is 4.79 Å². The molecule has 3 heterocycles. The fraction of sp³-hybridized carbons (Fsp3) is 0.348. The van der Waals surface area contributed by atoms with Crippen LogP contribution in [0.5, 0.6) is 5.75 Å². The lowest BCUT2D eigenvalue weighted by atomic mass is 10.0. The van der Waals surface area contributed by atoms with Crippen molar-refractivity contribution in [1.82, 2.24) is 14.3 Å². The summed E-state index contributed by atoms with van der Waals surface area (Å²) < 4.78 is 21.3. The van der Waals surface area contributed by atoms with Crippen LogP contribution in [0, 0.1) is 18.6 Å². The summed E-state index contributed by atoms with van der Waals surface area (Å²) in [6, 6.07) is 15.5. The van der Waals surface area contributed by atoms with Gasteiger partial charge in [-0.1, -0.05) is 24.3 Å². The predicted molar refractivity (Wildman–Crippen MR) is 116 cm³/mol. The van der Waals surface area contributed by atoms with Crippen LogP contribution in [-0.4, -0.2) is 39.1 Å². The van der Waals surface area contributed by atoms with Crippen molar-refractivity contribution in [3.8, 4) is 11.4 Å². The van der Waals surface area contributed by atoms with E-state index in [2.05, 4.69) is 13.8 Å². The first-order chi connectivity index (χ1) is 15.0. The normalized spacial score (nSPS) is 22.6. The highest BCUT2D eigenvalue weighted by Crippen LogP contribution is 2.33. The summed E-state index contributed by atoms with van der Waals surface area (Å²) in [4.78, 5) is 12.3. The molecular weight excluding hydrogens is 414 g/mol. The van der Waals surface area contributed by atoms with E-state index in [0.717, 1.165) is 17.0 Å². The zero-order valence-corrected chi connectivity index (χ0v) is 18.2. The highest BCUT2D eigenvalue weighted by molar-refractivity contribution is 7.71. The van der Waals surface area contributed by atoms with Crippen LogP contribution in [0.15, 0.2) is 48.5 Å². The minimum atomic E-state index is -0.751. The van der Waals surface area contributed by atoms with Gasteiger partial charge in [-0.05, 0) is 61.5 Å². The molecule has 3 aromatic rings. The molecule has 8 heteroatoms. The molecule has 0 N–H and O–H groups in total. The van der Waals surface area contributed by atoms with Gasteiger partial charge in [0.15, 0.2) is 11.6 Å². The Bertz CT molecular complexity index is 1190. The molecule has 2 aromatic carbocycles. The molecule has 7 nitrogen and oxygen atoms in total. The van der Waals surface area contributed by atoms with Crippen LogP contribution >= 0.6 is 12.2 Å². The van der Waals surface area contributed by atoms with Crippen LogP contribution in [0.2, 0.25) is 0 Å². The van der Waals surface area contributed by atoms with Crippen molar-refractivity contribution in [1.29, 1.82) is 0 Å². The van der Waals surface area contributed by atoms with Crippen molar-refractivity contribution >= 4 is 18.0 Å². The van der Waals surface area contributed by atoms with Crippen molar-refractivity contribution in [2.45, 2.75) is 45.3 Å². The van der Waals surface area contributed by atoms with Crippen LogP contribution in [0.25, 0.3) is 5.69 Å². The van der Waals surface area contributed by atoms with Gasteiger partial charge in [0.25, 0.3) is 0 Å². The third kappa shape index (κ3) is 3.71. The number of hydrogen-bond donors (Lipinski definition) is 0. The third-order valence-electron chi connectivity index (χ3n) is 5.86. The van der Waals surface area contributed by atoms with Crippen molar-refractivity contribution < 1.29 is 19.0 Å². The quantitative estimate of drug-likeness (QED) is 0.565. The SMILES string of the molecule is Cc1ccc(OCc2nn(C3CC(=O)C4OCC3O4)c(=S)n2-c2ccccc2)cc1C. The van der Waals surface area contributed by atoms with Gasteiger partial charge in [0.05, 0.1) is 12.6 Å². The molecule has 2 saturated heterocycles. The number of Topliss-reactive ketones (excluding diaryl/α,β-unsaturated/α-hetero) is 1. The van der Waals surface area contributed by atoms with E-state index in [1.807, 2.05) is 53.1 Å². The molecule has 160 valence electrons. The maximum Gasteiger partial charge on any atom is 0.218 e. The lowest BCUT2D eigenvalue weighted by Crippen LogP contribution is -2.37. The lowest BCUT2D eigenvalue weighted by Gasteiger charge is -2.26. The number of carbonyl (C=O) groups excluding carboxylic acids is 1. The number of para-hydroxylation sites is 1. The Balaban J connectivity index is 1.52. The first kappa shape index (κ1) is 20.1. The average molecular weight is 438 g/mol. The third-order valence-corrected chi connectivity index (χ3v) is 6.23. The Morgan fingerprint density at radius 3 is 2.74 bits per heavy atom. The van der Waals surface area contributed by atoms with E-state index >= 15 is 0 Å². The van der Waals surface area contributed by atoms with Gasteiger partial charge < -0.3 is 14.2 Å². The molecule has 2 fully saturated rings. The van der Waals surface area contributed by atoms with E-state index in [4.69, 9.17) is 31.5 Å². The summed E-state index contributed by atoms with van der Waals surface area (Å²) in [6.45, 7) is 4.72. The maximum atomic E-state index is 12.3. The second-order valence-electron chi connectivity index (χ2n) is 7.93. The summed E-state index contributed by atoms with van der Waals surface area (Å²) in [5.74, 6) is 1.34. The van der Waals surface area contributed by atoms with Gasteiger partial charge in [0.2, 0.25) is 11.1 Å². The highest BCUT2D eigenvalue weighted by Gasteiger charge is 2.45. The molecule has 1 aromatic heterocycles. The molecule has 2 bridgehead atoms. The largest absolute Gasteiger partial charge is 0.486 e. The zero-order valence-electron chi connectivity index (χ0n) is 17.4. The molecule has 0 saturated carbocycles. The molecule has 0 radical (unpaired) electrons. The number of rotatable bonds is 5. The summed E-state index contributed by atoms with van der Waals surface area (Å²) in [7, 11) is 0. The standard InChI is InChI=1S/C23H23N3O4S/c1-14-8-9-17(10-15(14)2)28-13-21-24-26(18-11-19(27)22-29-12-20(18)30-22)23(31)25(21)16-6-4-3-5-7-16/h3-10,18,20,22H,11-13H2,1-2H3. The molecule has 0 aliphatic carbocycles. The first-order valence-corrected chi connectivity index (χ1v) is 10.7. The summed E-state index contributed by atoms with van der Waals surface area (Å²) in [5.41, 5.74) is 3.26. The van der Waals surface area contributed by atoms with Crippen LogP contribution in [-0.2, 0) is 20.9 Å². The number of hydrogen-bond acceptors (Lipinski definition) is 6. The van der Waals surface area contributed by atoms with E-state index < -0.39 is 6.29 Å². The van der Waals surface area contributed by atoms with E-state index in [1.54, 1.807) is 4.68 Å². The maximum absolute atomic E-state index is 12.3. The Kier molecular flexibility index (Phi) is 5.21. The Morgan fingerprint density at radius 2 is 1.97 bits per heavy atom. The fourth-order valence-electron chi connectivity index (χ4n) is 3.99. The number of aryl methyl sites for hydroxylation is 2. The number of ether oxygens (including phenoxy) is 3. The van der Waals surface area contributed by atoms with Crippen molar-refractivity contribution in [2.24, 2.45) is 0 Å². The number of nitrogens with zero attached hydrogens (tertiary/aromatic N) is 3. The van der Waals surface area contributed by atoms with Gasteiger partial charge in [-0.3, -0.25) is 9.36 Å². The van der Waals surface area contributed by atoms with Gasteiger partial charge >= 0.3 is 0 Å². The smallest absolute Gasteiger partial charge is 0.218 e. The first-order valence-electron chi connectivity index (χ1n) is 10.3. The van der Waals surface area contributed by atoms with Crippen molar-refractivity contribution in [3.63, 3.8) is 0 Å². The Hall–Kier alpha value is -2.81. The van der Waals surface area contributed by atoms with E-state index in [0.29, 0.717) is 17.2 Å². The average Bonchev–Trinajstić information content (AvgIpc) is 3.35. The van der Waals surface area contributed by atoms with Gasteiger partial charge in [-0.25, -0.2) is 4.68 Å². The number of ketones is 1. The molecule has 0 spiro atoms. The monoisotopic (exact) mass is 437 g/mol. The summed E-state index contributed by atoms with van der Waals surface area (Å²) in [5, 5.41) is 4.78. The number of carbonyl (C=O) groups is 1. The van der Waals surface area contributed by atoms with Gasteiger partial charge in [-0.15, -0.1) is 0 Å². The van der Waals surface area contributed by atoms with E-state index in [-0.39, 0.29) is 31.0 Å². The Morgan fingerprint density at radius 1 is 1.16 bits per heavy atom. The van der Waals surface area contributed by atoms with Crippen LogP contribution in [0.3, 0.4) is 0 Å². The van der Waals surface area contributed by atoms with Crippen molar-refractivity contribution in [2.75, 3.05) is 6.61 Å². The molecule has 3 unspecified atom stereocenters. The second kappa shape index (κ2) is 8.03. The van der Waals surface area contributed by atoms with Crippen LogP contribution in [0.1, 0.15) is 29.4 Å². The van der Waals surface area contributed by atoms with Gasteiger partial charge in [0.1, 0.15) is 18.5 Å². The van der Waals surface area contributed by atoms with Gasteiger partial charge in [0, 0.05) is 12.1 Å². The fourth-order valence-corrected chi connectivity index (χ4v) is 4.38. The molecular formula is C23H23N3O4S.